The zero-order valence-electron chi connectivity index (χ0n) is 21.7. The lowest BCUT2D eigenvalue weighted by Gasteiger charge is -2.35. The monoisotopic (exact) mass is 552 g/mol. The lowest BCUT2D eigenvalue weighted by Crippen LogP contribution is -2.46. The van der Waals surface area contributed by atoms with E-state index in [9.17, 15) is 8.42 Å². The van der Waals surface area contributed by atoms with Crippen LogP contribution in [0.2, 0.25) is 0 Å². The predicted molar refractivity (Wildman–Crippen MR) is 155 cm³/mol. The average Bonchev–Trinajstić information content (AvgIpc) is 2.99. The number of para-hydroxylation sites is 2. The molecular weight excluding hydrogens is 524 g/mol. The fourth-order valence-corrected chi connectivity index (χ4v) is 5.69. The molecule has 0 saturated carbocycles. The highest BCUT2D eigenvalue weighted by atomic mass is 32.2. The van der Waals surface area contributed by atoms with Gasteiger partial charge in [-0.2, -0.15) is 0 Å². The minimum atomic E-state index is -3.89. The van der Waals surface area contributed by atoms with Gasteiger partial charge in [-0.3, -0.25) is 14.6 Å². The highest BCUT2D eigenvalue weighted by molar-refractivity contribution is 7.92. The largest absolute Gasteiger partial charge is 0.457 e. The molecule has 5 aromatic rings. The van der Waals surface area contributed by atoms with Gasteiger partial charge in [0.05, 0.1) is 16.1 Å². The van der Waals surface area contributed by atoms with Crippen LogP contribution in [0.5, 0.6) is 11.5 Å². The number of ether oxygens (including phenoxy) is 1. The topological polar surface area (TPSA) is 101 Å². The minimum Gasteiger partial charge on any atom is -0.457 e. The Kier molecular flexibility index (Phi) is 7.26. The number of benzene rings is 3. The minimum absolute atomic E-state index is 0.109. The number of nitrogens with zero attached hydrogens (tertiary/aromatic N) is 5. The first-order valence-electron chi connectivity index (χ1n) is 13.0. The van der Waals surface area contributed by atoms with Crippen molar-refractivity contribution >= 4 is 32.6 Å². The molecule has 1 aliphatic rings. The second kappa shape index (κ2) is 11.3. The van der Waals surface area contributed by atoms with E-state index in [1.807, 2.05) is 48.5 Å². The van der Waals surface area contributed by atoms with E-state index >= 15 is 0 Å². The number of piperazine rings is 1. The summed E-state index contributed by atoms with van der Waals surface area (Å²) in [6, 6.07) is 27.9. The van der Waals surface area contributed by atoms with Crippen LogP contribution >= 0.6 is 0 Å². The molecule has 0 aliphatic carbocycles. The smallest absolute Gasteiger partial charge is 0.263 e. The van der Waals surface area contributed by atoms with Crippen molar-refractivity contribution in [3.8, 4) is 11.5 Å². The SMILES string of the molecule is O=S(=O)(Nc1nccnc1N1CCN(Cc2ccc3ccccc3n2)CC1)c1ccc(Oc2ccccc2)cc1. The number of fused-ring (bicyclic) bond motifs is 1. The Morgan fingerprint density at radius 3 is 2.25 bits per heavy atom. The van der Waals surface area contributed by atoms with Crippen molar-refractivity contribution in [2.24, 2.45) is 0 Å². The van der Waals surface area contributed by atoms with Gasteiger partial charge in [0, 0.05) is 50.5 Å². The zero-order chi connectivity index (χ0) is 27.4. The number of hydrogen-bond donors (Lipinski definition) is 1. The summed E-state index contributed by atoms with van der Waals surface area (Å²) in [6.07, 6.45) is 3.06. The van der Waals surface area contributed by atoms with Gasteiger partial charge in [0.2, 0.25) is 0 Å². The van der Waals surface area contributed by atoms with Gasteiger partial charge in [-0.05, 0) is 48.5 Å². The van der Waals surface area contributed by atoms with Crippen molar-refractivity contribution in [2.75, 3.05) is 35.8 Å². The molecule has 10 heteroatoms. The molecule has 3 heterocycles. The van der Waals surface area contributed by atoms with Crippen molar-refractivity contribution in [3.05, 3.63) is 109 Å². The Morgan fingerprint density at radius 2 is 1.45 bits per heavy atom. The number of pyridine rings is 1. The summed E-state index contributed by atoms with van der Waals surface area (Å²) in [5, 5.41) is 1.13. The van der Waals surface area contributed by atoms with Crippen LogP contribution in [-0.2, 0) is 16.6 Å². The summed E-state index contributed by atoms with van der Waals surface area (Å²) in [4.78, 5) is 18.1. The Balaban J connectivity index is 1.10. The van der Waals surface area contributed by atoms with Crippen molar-refractivity contribution < 1.29 is 13.2 Å². The third-order valence-corrected chi connectivity index (χ3v) is 8.09. The van der Waals surface area contributed by atoms with E-state index in [0.29, 0.717) is 30.4 Å². The van der Waals surface area contributed by atoms with Crippen molar-refractivity contribution in [1.29, 1.82) is 0 Å². The summed E-state index contributed by atoms with van der Waals surface area (Å²) < 4.78 is 34.8. The third-order valence-electron chi connectivity index (χ3n) is 6.74. The third kappa shape index (κ3) is 5.88. The van der Waals surface area contributed by atoms with Gasteiger partial charge in [0.1, 0.15) is 11.5 Å². The van der Waals surface area contributed by atoms with Gasteiger partial charge in [-0.1, -0.05) is 42.5 Å². The molecule has 0 spiro atoms. The van der Waals surface area contributed by atoms with Crippen LogP contribution in [-0.4, -0.2) is 54.4 Å². The molecule has 0 unspecified atom stereocenters. The number of nitrogens with one attached hydrogen (secondary N) is 1. The molecule has 1 saturated heterocycles. The summed E-state index contributed by atoms with van der Waals surface area (Å²) in [7, 11) is -3.89. The molecule has 1 N–H and O–H groups in total. The fraction of sp³-hybridized carbons (Fsp3) is 0.167. The fourth-order valence-electron chi connectivity index (χ4n) is 4.67. The standard InChI is InChI=1S/C30H28N6O3S/c37-40(38,27-14-12-26(13-15-27)39-25-7-2-1-3-8-25)34-29-30(32-17-16-31-29)36-20-18-35(19-21-36)22-24-11-10-23-6-4-5-9-28(23)33-24/h1-17H,18-22H2,(H,31,34). The predicted octanol–water partition coefficient (Wildman–Crippen LogP) is 4.94. The van der Waals surface area contributed by atoms with E-state index in [1.165, 1.54) is 18.3 Å². The Hall–Kier alpha value is -4.54. The second-order valence-corrected chi connectivity index (χ2v) is 11.2. The molecule has 0 radical (unpaired) electrons. The molecule has 202 valence electrons. The zero-order valence-corrected chi connectivity index (χ0v) is 22.5. The highest BCUT2D eigenvalue weighted by Gasteiger charge is 2.24. The molecule has 0 bridgehead atoms. The van der Waals surface area contributed by atoms with E-state index in [0.717, 1.165) is 36.2 Å². The molecular formula is C30H28N6O3S. The van der Waals surface area contributed by atoms with Crippen molar-refractivity contribution in [3.63, 3.8) is 0 Å². The van der Waals surface area contributed by atoms with Crippen molar-refractivity contribution in [1.82, 2.24) is 19.9 Å². The van der Waals surface area contributed by atoms with Crippen LogP contribution in [0.3, 0.4) is 0 Å². The Morgan fingerprint density at radius 1 is 0.750 bits per heavy atom. The highest BCUT2D eigenvalue weighted by Crippen LogP contribution is 2.27. The molecule has 0 atom stereocenters. The second-order valence-electron chi connectivity index (χ2n) is 9.48. The average molecular weight is 553 g/mol. The number of anilines is 2. The van der Waals surface area contributed by atoms with Crippen molar-refractivity contribution in [2.45, 2.75) is 11.4 Å². The van der Waals surface area contributed by atoms with Crippen LogP contribution in [0.25, 0.3) is 10.9 Å². The van der Waals surface area contributed by atoms with Crippen LogP contribution < -0.4 is 14.4 Å². The molecule has 1 fully saturated rings. The molecule has 0 amide bonds. The lowest BCUT2D eigenvalue weighted by atomic mass is 10.2. The molecule has 6 rings (SSSR count). The number of sulfonamides is 1. The number of aromatic nitrogens is 3. The molecule has 40 heavy (non-hydrogen) atoms. The van der Waals surface area contributed by atoms with E-state index in [-0.39, 0.29) is 10.7 Å². The van der Waals surface area contributed by atoms with Crippen LogP contribution in [0.15, 0.2) is 108 Å². The quantitative estimate of drug-likeness (QED) is 0.289. The van der Waals surface area contributed by atoms with E-state index in [1.54, 1.807) is 18.3 Å². The molecule has 9 nitrogen and oxygen atoms in total. The number of rotatable bonds is 8. The maximum atomic E-state index is 13.2. The lowest BCUT2D eigenvalue weighted by molar-refractivity contribution is 0.247. The van der Waals surface area contributed by atoms with E-state index in [4.69, 9.17) is 9.72 Å². The van der Waals surface area contributed by atoms with Gasteiger partial charge in [0.15, 0.2) is 11.6 Å². The maximum Gasteiger partial charge on any atom is 0.263 e. The van der Waals surface area contributed by atoms with E-state index < -0.39 is 10.0 Å². The molecule has 3 aromatic carbocycles. The molecule has 2 aromatic heterocycles. The van der Waals surface area contributed by atoms with Crippen LogP contribution in [0.1, 0.15) is 5.69 Å². The first-order valence-corrected chi connectivity index (χ1v) is 14.5. The van der Waals surface area contributed by atoms with E-state index in [2.05, 4.69) is 42.7 Å². The van der Waals surface area contributed by atoms with Gasteiger partial charge in [-0.25, -0.2) is 18.4 Å². The summed E-state index contributed by atoms with van der Waals surface area (Å²) in [5.41, 5.74) is 2.02. The Bertz CT molecular complexity index is 1710. The first kappa shape index (κ1) is 25.7. The van der Waals surface area contributed by atoms with Gasteiger partial charge >= 0.3 is 0 Å². The summed E-state index contributed by atoms with van der Waals surface area (Å²) in [5.74, 6) is 1.94. The van der Waals surface area contributed by atoms with Crippen LogP contribution in [0, 0.1) is 0 Å². The summed E-state index contributed by atoms with van der Waals surface area (Å²) >= 11 is 0. The number of hydrogen-bond acceptors (Lipinski definition) is 8. The Labute approximate surface area is 233 Å². The first-order chi connectivity index (χ1) is 19.5. The van der Waals surface area contributed by atoms with Gasteiger partial charge in [0.25, 0.3) is 10.0 Å². The summed E-state index contributed by atoms with van der Waals surface area (Å²) in [6.45, 7) is 3.71. The molecule has 1 aliphatic heterocycles. The normalized spacial score (nSPS) is 14.2. The van der Waals surface area contributed by atoms with Crippen LogP contribution in [0.4, 0.5) is 11.6 Å². The maximum absolute atomic E-state index is 13.2. The van der Waals surface area contributed by atoms with Gasteiger partial charge in [-0.15, -0.1) is 0 Å². The van der Waals surface area contributed by atoms with Gasteiger partial charge < -0.3 is 9.64 Å².